The van der Waals surface area contributed by atoms with Gasteiger partial charge >= 0.3 is 0 Å². The topological polar surface area (TPSA) is 69.4 Å². The molecule has 0 aromatic heterocycles. The summed E-state index contributed by atoms with van der Waals surface area (Å²) in [7, 11) is -2.08. The lowest BCUT2D eigenvalue weighted by molar-refractivity contribution is 0.166. The number of halogens is 1. The third-order valence-corrected chi connectivity index (χ3v) is 7.93. The molecule has 0 unspecified atom stereocenters. The van der Waals surface area contributed by atoms with Crippen LogP contribution in [0.25, 0.3) is 0 Å². The largest absolute Gasteiger partial charge is 0.393 e. The Balaban J connectivity index is 2.12. The Morgan fingerprint density at radius 2 is 1.80 bits per heavy atom. The Hall–Kier alpha value is -1.28. The first-order valence-electron chi connectivity index (χ1n) is 7.69. The fraction of sp³-hybridized carbons (Fsp3) is 0.278. The van der Waals surface area contributed by atoms with E-state index in [4.69, 9.17) is 22.7 Å². The van der Waals surface area contributed by atoms with E-state index in [2.05, 4.69) is 15.9 Å². The predicted molar refractivity (Wildman–Crippen MR) is 105 cm³/mol. The molecule has 0 bridgehead atoms. The van der Waals surface area contributed by atoms with Crippen molar-refractivity contribution in [2.45, 2.75) is 16.1 Å². The van der Waals surface area contributed by atoms with E-state index in [1.54, 1.807) is 30.3 Å². The second-order valence-electron chi connectivity index (χ2n) is 6.15. The van der Waals surface area contributed by atoms with Crippen LogP contribution in [0.15, 0.2) is 64.0 Å². The first kappa shape index (κ1) is 18.5. The van der Waals surface area contributed by atoms with E-state index in [9.17, 15) is 8.42 Å². The third-order valence-electron chi connectivity index (χ3n) is 4.73. The van der Waals surface area contributed by atoms with Gasteiger partial charge in [-0.15, -0.1) is 0 Å². The van der Waals surface area contributed by atoms with Gasteiger partial charge in [0.15, 0.2) is 9.84 Å². The molecule has 0 spiro atoms. The van der Waals surface area contributed by atoms with Crippen molar-refractivity contribution in [1.29, 1.82) is 0 Å². The Bertz CT molecular complexity index is 884. The van der Waals surface area contributed by atoms with Crippen LogP contribution < -0.4 is 5.73 Å². The van der Waals surface area contributed by atoms with Gasteiger partial charge < -0.3 is 10.5 Å². The molecule has 0 saturated heterocycles. The number of hydrogen-bond acceptors (Lipinski definition) is 4. The molecule has 0 heterocycles. The summed E-state index contributed by atoms with van der Waals surface area (Å²) in [4.78, 5) is 0.447. The first-order valence-corrected chi connectivity index (χ1v) is 10.4. The summed E-state index contributed by atoms with van der Waals surface area (Å²) in [6.45, 7) is 0.166. The minimum atomic E-state index is -3.61. The number of methoxy groups -OCH3 is 1. The van der Waals surface area contributed by atoms with Crippen LogP contribution in [0, 0.1) is 5.41 Å². The summed E-state index contributed by atoms with van der Waals surface area (Å²) in [5, 5.41) is -0.735. The van der Waals surface area contributed by atoms with Crippen LogP contribution in [0.5, 0.6) is 0 Å². The van der Waals surface area contributed by atoms with E-state index in [1.807, 2.05) is 24.3 Å². The van der Waals surface area contributed by atoms with E-state index >= 15 is 0 Å². The molecule has 0 amide bonds. The third kappa shape index (κ3) is 3.03. The predicted octanol–water partition coefficient (Wildman–Crippen LogP) is 3.31. The number of benzene rings is 2. The van der Waals surface area contributed by atoms with Gasteiger partial charge in [0.25, 0.3) is 0 Å². The van der Waals surface area contributed by atoms with Crippen LogP contribution in [-0.4, -0.2) is 32.4 Å². The number of ether oxygens (including phenoxy) is 1. The molecule has 2 N–H and O–H groups in total. The molecule has 3 rings (SSSR count). The molecule has 1 saturated carbocycles. The second kappa shape index (κ2) is 6.79. The Labute approximate surface area is 161 Å². The van der Waals surface area contributed by atoms with Gasteiger partial charge in [-0.1, -0.05) is 58.5 Å². The van der Waals surface area contributed by atoms with E-state index in [-0.39, 0.29) is 22.4 Å². The Morgan fingerprint density at radius 1 is 1.20 bits per heavy atom. The molecule has 2 aromatic carbocycles. The van der Waals surface area contributed by atoms with Gasteiger partial charge in [-0.05, 0) is 29.8 Å². The van der Waals surface area contributed by atoms with Crippen molar-refractivity contribution in [3.63, 3.8) is 0 Å². The maximum absolute atomic E-state index is 13.3. The monoisotopic (exact) mass is 439 g/mol. The van der Waals surface area contributed by atoms with Crippen LogP contribution >= 0.6 is 28.1 Å². The molecule has 4 nitrogen and oxygen atoms in total. The molecule has 7 heteroatoms. The van der Waals surface area contributed by atoms with Gasteiger partial charge in [0.05, 0.1) is 27.2 Å². The van der Waals surface area contributed by atoms with Crippen LogP contribution in [0.3, 0.4) is 0 Å². The van der Waals surface area contributed by atoms with Crippen LogP contribution in [0.2, 0.25) is 0 Å². The lowest BCUT2D eigenvalue weighted by atomic mass is 10.00. The molecule has 132 valence electrons. The molecule has 1 aliphatic carbocycles. The molecule has 2 aromatic rings. The highest BCUT2D eigenvalue weighted by Gasteiger charge is 2.73. The van der Waals surface area contributed by atoms with E-state index in [0.29, 0.717) is 0 Å². The SMILES string of the molecule is COC[C@]1(C(N)=S)[C@H](c2ccc(Br)cc2)[C@H]1S(=O)(=O)c1ccccc1. The quantitative estimate of drug-likeness (QED) is 0.699. The number of nitrogens with two attached hydrogens (primary N) is 1. The molecule has 3 atom stereocenters. The van der Waals surface area contributed by atoms with Crippen LogP contribution in [0.1, 0.15) is 11.5 Å². The second-order valence-corrected chi connectivity index (χ2v) is 9.57. The standard InChI is InChI=1S/C18H18BrNO3S2/c1-23-11-18(17(20)24)15(12-7-9-13(19)10-8-12)16(18)25(21,22)14-5-3-2-4-6-14/h2-10,15-16H,11H2,1H3,(H2,20,24)/t15-,16-,18+/m1/s1. The Kier molecular flexibility index (Phi) is 5.03. The molecule has 1 fully saturated rings. The van der Waals surface area contributed by atoms with Crippen LogP contribution in [0.4, 0.5) is 0 Å². The fourth-order valence-electron chi connectivity index (χ4n) is 3.54. The van der Waals surface area contributed by atoms with E-state index in [0.717, 1.165) is 10.0 Å². The maximum atomic E-state index is 13.3. The van der Waals surface area contributed by atoms with Crippen molar-refractivity contribution < 1.29 is 13.2 Å². The zero-order valence-corrected chi connectivity index (χ0v) is 16.8. The van der Waals surface area contributed by atoms with E-state index in [1.165, 1.54) is 7.11 Å². The van der Waals surface area contributed by atoms with Crippen molar-refractivity contribution in [3.05, 3.63) is 64.6 Å². The van der Waals surface area contributed by atoms with Gasteiger partial charge in [0.1, 0.15) is 0 Å². The highest BCUT2D eigenvalue weighted by atomic mass is 79.9. The Morgan fingerprint density at radius 3 is 2.32 bits per heavy atom. The van der Waals surface area contributed by atoms with Gasteiger partial charge in [0, 0.05) is 17.5 Å². The minimum Gasteiger partial charge on any atom is -0.393 e. The van der Waals surface area contributed by atoms with Crippen molar-refractivity contribution in [3.8, 4) is 0 Å². The summed E-state index contributed by atoms with van der Waals surface area (Å²) in [5.41, 5.74) is 6.01. The van der Waals surface area contributed by atoms with Gasteiger partial charge in [-0.3, -0.25) is 0 Å². The van der Waals surface area contributed by atoms with Crippen molar-refractivity contribution >= 4 is 43.0 Å². The lowest BCUT2D eigenvalue weighted by Crippen LogP contribution is -2.33. The number of thiocarbonyl (C=S) groups is 1. The van der Waals surface area contributed by atoms with E-state index < -0.39 is 20.5 Å². The number of sulfone groups is 1. The van der Waals surface area contributed by atoms with Crippen molar-refractivity contribution in [2.24, 2.45) is 11.1 Å². The molecule has 1 aliphatic rings. The molecule has 25 heavy (non-hydrogen) atoms. The summed E-state index contributed by atoms with van der Waals surface area (Å²) in [6.07, 6.45) is 0. The molecular formula is C18H18BrNO3S2. The molecular weight excluding hydrogens is 422 g/mol. The van der Waals surface area contributed by atoms with Crippen molar-refractivity contribution in [2.75, 3.05) is 13.7 Å². The summed E-state index contributed by atoms with van der Waals surface area (Å²) in [6, 6.07) is 16.0. The highest BCUT2D eigenvalue weighted by molar-refractivity contribution is 9.10. The van der Waals surface area contributed by atoms with Crippen LogP contribution in [-0.2, 0) is 14.6 Å². The fourth-order valence-corrected chi connectivity index (χ4v) is 6.59. The minimum absolute atomic E-state index is 0.166. The average Bonchev–Trinajstić information content (AvgIpc) is 3.28. The smallest absolute Gasteiger partial charge is 0.182 e. The summed E-state index contributed by atoms with van der Waals surface area (Å²) in [5.74, 6) is -0.330. The average molecular weight is 440 g/mol. The molecule has 0 radical (unpaired) electrons. The van der Waals surface area contributed by atoms with Crippen molar-refractivity contribution in [1.82, 2.24) is 0 Å². The lowest BCUT2D eigenvalue weighted by Gasteiger charge is -2.16. The summed E-state index contributed by atoms with van der Waals surface area (Å²) >= 11 is 8.68. The van der Waals surface area contributed by atoms with Gasteiger partial charge in [0.2, 0.25) is 0 Å². The first-order chi connectivity index (χ1) is 11.9. The number of hydrogen-bond donors (Lipinski definition) is 1. The number of rotatable bonds is 6. The highest BCUT2D eigenvalue weighted by Crippen LogP contribution is 2.64. The zero-order valence-electron chi connectivity index (χ0n) is 13.6. The maximum Gasteiger partial charge on any atom is 0.182 e. The van der Waals surface area contributed by atoms with Gasteiger partial charge in [-0.25, -0.2) is 8.42 Å². The normalized spacial score (nSPS) is 25.5. The van der Waals surface area contributed by atoms with Gasteiger partial charge in [-0.2, -0.15) is 0 Å². The summed E-state index contributed by atoms with van der Waals surface area (Å²) < 4.78 is 32.8. The molecule has 0 aliphatic heterocycles. The zero-order chi connectivity index (χ0) is 18.2.